The predicted molar refractivity (Wildman–Crippen MR) is 69.0 cm³/mol. The highest BCUT2D eigenvalue weighted by Crippen LogP contribution is 2.33. The highest BCUT2D eigenvalue weighted by atomic mass is 79.9. The maximum Gasteiger partial charge on any atom is 0.234 e. The van der Waals surface area contributed by atoms with Crippen molar-refractivity contribution in [3.05, 3.63) is 34.5 Å². The van der Waals surface area contributed by atoms with Gasteiger partial charge in [0.05, 0.1) is 12.2 Å². The van der Waals surface area contributed by atoms with E-state index in [1.807, 2.05) is 18.2 Å². The Balaban J connectivity index is 2.06. The molecule has 92 valence electrons. The van der Waals surface area contributed by atoms with Crippen molar-refractivity contribution in [2.24, 2.45) is 0 Å². The molecule has 1 aliphatic heterocycles. The Labute approximate surface area is 111 Å². The number of nitrogens with one attached hydrogen (secondary N) is 1. The number of benzene rings is 1. The SMILES string of the molecule is O=C1CCC(c2coc3ccc(Br)cc23)C(=O)N1. The molecular formula is C13H10BrNO3. The van der Waals surface area contributed by atoms with E-state index in [1.54, 1.807) is 6.26 Å². The molecule has 1 fully saturated rings. The Morgan fingerprint density at radius 3 is 2.94 bits per heavy atom. The summed E-state index contributed by atoms with van der Waals surface area (Å²) in [5.41, 5.74) is 1.59. The third kappa shape index (κ3) is 1.84. The lowest BCUT2D eigenvalue weighted by Gasteiger charge is -2.19. The number of halogens is 1. The van der Waals surface area contributed by atoms with Crippen LogP contribution in [-0.2, 0) is 9.59 Å². The maximum atomic E-state index is 11.8. The van der Waals surface area contributed by atoms with Gasteiger partial charge in [-0.05, 0) is 24.6 Å². The van der Waals surface area contributed by atoms with Crippen LogP contribution in [-0.4, -0.2) is 11.8 Å². The molecule has 0 saturated carbocycles. The highest BCUT2D eigenvalue weighted by Gasteiger charge is 2.30. The van der Waals surface area contributed by atoms with Crippen molar-refractivity contribution >= 4 is 38.7 Å². The number of hydrogen-bond acceptors (Lipinski definition) is 3. The summed E-state index contributed by atoms with van der Waals surface area (Å²) in [5, 5.41) is 3.28. The number of piperidine rings is 1. The molecule has 1 aliphatic rings. The van der Waals surface area contributed by atoms with Crippen molar-refractivity contribution in [3.8, 4) is 0 Å². The van der Waals surface area contributed by atoms with Crippen molar-refractivity contribution in [1.29, 1.82) is 0 Å². The minimum atomic E-state index is -0.307. The summed E-state index contributed by atoms with van der Waals surface area (Å²) >= 11 is 3.40. The quantitative estimate of drug-likeness (QED) is 0.824. The van der Waals surface area contributed by atoms with Gasteiger partial charge in [0.1, 0.15) is 5.58 Å². The molecule has 1 atom stereocenters. The van der Waals surface area contributed by atoms with Gasteiger partial charge in [0, 0.05) is 21.8 Å². The summed E-state index contributed by atoms with van der Waals surface area (Å²) in [4.78, 5) is 23.0. The van der Waals surface area contributed by atoms with E-state index < -0.39 is 0 Å². The fraction of sp³-hybridized carbons (Fsp3) is 0.231. The smallest absolute Gasteiger partial charge is 0.234 e. The Morgan fingerprint density at radius 1 is 1.33 bits per heavy atom. The fourth-order valence-electron chi connectivity index (χ4n) is 2.28. The second-order valence-corrected chi connectivity index (χ2v) is 5.25. The van der Waals surface area contributed by atoms with Gasteiger partial charge >= 0.3 is 0 Å². The van der Waals surface area contributed by atoms with Crippen LogP contribution in [0.2, 0.25) is 0 Å². The second kappa shape index (κ2) is 4.24. The van der Waals surface area contributed by atoms with E-state index >= 15 is 0 Å². The molecule has 2 aromatic rings. The van der Waals surface area contributed by atoms with Gasteiger partial charge in [0.25, 0.3) is 0 Å². The summed E-state index contributed by atoms with van der Waals surface area (Å²) in [6.07, 6.45) is 2.51. The lowest BCUT2D eigenvalue weighted by molar-refractivity contribution is -0.134. The molecule has 1 unspecified atom stereocenters. The van der Waals surface area contributed by atoms with E-state index in [-0.39, 0.29) is 17.7 Å². The Morgan fingerprint density at radius 2 is 2.17 bits per heavy atom. The average Bonchev–Trinajstić information content (AvgIpc) is 2.72. The molecule has 4 nitrogen and oxygen atoms in total. The Hall–Kier alpha value is -1.62. The van der Waals surface area contributed by atoms with Gasteiger partial charge < -0.3 is 4.42 Å². The number of hydrogen-bond donors (Lipinski definition) is 1. The topological polar surface area (TPSA) is 59.3 Å². The maximum absolute atomic E-state index is 11.8. The van der Waals surface area contributed by atoms with E-state index in [1.165, 1.54) is 0 Å². The number of imide groups is 1. The molecule has 2 heterocycles. The molecule has 18 heavy (non-hydrogen) atoms. The lowest BCUT2D eigenvalue weighted by atomic mass is 9.90. The van der Waals surface area contributed by atoms with E-state index in [0.29, 0.717) is 12.8 Å². The summed E-state index contributed by atoms with van der Waals surface area (Å²) in [5.74, 6) is -0.752. The third-order valence-electron chi connectivity index (χ3n) is 3.18. The Bertz CT molecular complexity index is 647. The normalized spacial score (nSPS) is 20.2. The summed E-state index contributed by atoms with van der Waals surface area (Å²) < 4.78 is 6.38. The second-order valence-electron chi connectivity index (χ2n) is 4.34. The number of carbonyl (C=O) groups excluding carboxylic acids is 2. The summed E-state index contributed by atoms with van der Waals surface area (Å²) in [6, 6.07) is 5.67. The van der Waals surface area contributed by atoms with Gasteiger partial charge in [-0.25, -0.2) is 0 Å². The minimum absolute atomic E-state index is 0.203. The van der Waals surface area contributed by atoms with E-state index in [0.717, 1.165) is 21.0 Å². The van der Waals surface area contributed by atoms with Crippen LogP contribution in [0.5, 0.6) is 0 Å². The summed E-state index contributed by atoms with van der Waals surface area (Å²) in [7, 11) is 0. The monoisotopic (exact) mass is 307 g/mol. The zero-order valence-electron chi connectivity index (χ0n) is 9.40. The van der Waals surface area contributed by atoms with E-state index in [9.17, 15) is 9.59 Å². The first-order valence-corrected chi connectivity index (χ1v) is 6.45. The standard InChI is InChI=1S/C13H10BrNO3/c14-7-1-3-11-9(5-7)10(6-18-11)8-2-4-12(16)15-13(8)17/h1,3,5-6,8H,2,4H2,(H,15,16,17). The van der Waals surface area contributed by atoms with Crippen LogP contribution in [0.15, 0.2) is 33.4 Å². The van der Waals surface area contributed by atoms with Crippen molar-refractivity contribution in [2.45, 2.75) is 18.8 Å². The van der Waals surface area contributed by atoms with Crippen molar-refractivity contribution in [1.82, 2.24) is 5.32 Å². The molecule has 0 spiro atoms. The predicted octanol–water partition coefficient (Wildman–Crippen LogP) is 2.72. The van der Waals surface area contributed by atoms with Gasteiger partial charge in [0.15, 0.2) is 0 Å². The van der Waals surface area contributed by atoms with Crippen molar-refractivity contribution < 1.29 is 14.0 Å². The fourth-order valence-corrected chi connectivity index (χ4v) is 2.64. The molecule has 5 heteroatoms. The molecule has 0 aliphatic carbocycles. The molecule has 1 N–H and O–H groups in total. The minimum Gasteiger partial charge on any atom is -0.464 e. The van der Waals surface area contributed by atoms with Crippen LogP contribution in [0.4, 0.5) is 0 Å². The number of amides is 2. The molecule has 3 rings (SSSR count). The number of rotatable bonds is 1. The Kier molecular flexibility index (Phi) is 2.70. The van der Waals surface area contributed by atoms with Gasteiger partial charge in [0.2, 0.25) is 11.8 Å². The number of carbonyl (C=O) groups is 2. The molecule has 1 aromatic heterocycles. The largest absolute Gasteiger partial charge is 0.464 e. The van der Waals surface area contributed by atoms with Crippen LogP contribution >= 0.6 is 15.9 Å². The van der Waals surface area contributed by atoms with Crippen molar-refractivity contribution in [2.75, 3.05) is 0 Å². The molecule has 1 saturated heterocycles. The van der Waals surface area contributed by atoms with E-state index in [4.69, 9.17) is 4.42 Å². The van der Waals surface area contributed by atoms with Gasteiger partial charge in [-0.3, -0.25) is 14.9 Å². The zero-order valence-corrected chi connectivity index (χ0v) is 11.0. The average molecular weight is 308 g/mol. The highest BCUT2D eigenvalue weighted by molar-refractivity contribution is 9.10. The number of fused-ring (bicyclic) bond motifs is 1. The van der Waals surface area contributed by atoms with Crippen LogP contribution in [0.3, 0.4) is 0 Å². The third-order valence-corrected chi connectivity index (χ3v) is 3.67. The lowest BCUT2D eigenvalue weighted by Crippen LogP contribution is -2.39. The van der Waals surface area contributed by atoms with Gasteiger partial charge in [-0.15, -0.1) is 0 Å². The van der Waals surface area contributed by atoms with Crippen molar-refractivity contribution in [3.63, 3.8) is 0 Å². The molecule has 1 aromatic carbocycles. The summed E-state index contributed by atoms with van der Waals surface area (Å²) in [6.45, 7) is 0. The first-order chi connectivity index (χ1) is 8.65. The molecule has 0 radical (unpaired) electrons. The first-order valence-electron chi connectivity index (χ1n) is 5.65. The zero-order chi connectivity index (χ0) is 12.7. The van der Waals surface area contributed by atoms with Gasteiger partial charge in [-0.1, -0.05) is 15.9 Å². The van der Waals surface area contributed by atoms with Crippen LogP contribution in [0, 0.1) is 0 Å². The molecule has 0 bridgehead atoms. The molecular weight excluding hydrogens is 298 g/mol. The van der Waals surface area contributed by atoms with Crippen LogP contribution < -0.4 is 5.32 Å². The van der Waals surface area contributed by atoms with E-state index in [2.05, 4.69) is 21.2 Å². The van der Waals surface area contributed by atoms with Gasteiger partial charge in [-0.2, -0.15) is 0 Å². The number of furan rings is 1. The first kappa shape index (κ1) is 11.5. The van der Waals surface area contributed by atoms with Crippen LogP contribution in [0.1, 0.15) is 24.3 Å². The molecule has 2 amide bonds. The van der Waals surface area contributed by atoms with Crippen LogP contribution in [0.25, 0.3) is 11.0 Å².